The van der Waals surface area contributed by atoms with Crippen LogP contribution in [0.25, 0.3) is 10.2 Å². The second kappa shape index (κ2) is 8.33. The van der Waals surface area contributed by atoms with Crippen molar-refractivity contribution in [2.45, 2.75) is 64.8 Å². The van der Waals surface area contributed by atoms with Crippen LogP contribution in [0.2, 0.25) is 0 Å². The van der Waals surface area contributed by atoms with Gasteiger partial charge in [0.2, 0.25) is 0 Å². The molecule has 4 rings (SSSR count). The number of hydrogen-bond acceptors (Lipinski definition) is 6. The fourth-order valence-corrected chi connectivity index (χ4v) is 5.89. The molecule has 1 aliphatic heterocycles. The summed E-state index contributed by atoms with van der Waals surface area (Å²) in [6.45, 7) is 7.86. The Balaban J connectivity index is 1.71. The van der Waals surface area contributed by atoms with Gasteiger partial charge in [-0.25, -0.2) is 4.98 Å². The predicted octanol–water partition coefficient (Wildman–Crippen LogP) is 3.24. The lowest BCUT2D eigenvalue weighted by molar-refractivity contribution is -0.145. The first kappa shape index (κ1) is 19.6. The highest BCUT2D eigenvalue weighted by Gasteiger charge is 2.33. The summed E-state index contributed by atoms with van der Waals surface area (Å²) < 4.78 is 7.11. The standard InChI is InChI=1S/C21H29N3O3S/c1-3-27-21(26)15-8-7-9-16-17(15)18-19(28-16)22-14(2)24(20(18)25)13-12-23-10-5-4-6-11-23/h15H,3-13H2,1-2H3. The summed E-state index contributed by atoms with van der Waals surface area (Å²) in [5.74, 6) is 0.231. The van der Waals surface area contributed by atoms with Gasteiger partial charge in [-0.05, 0) is 64.6 Å². The number of thiophene rings is 1. The van der Waals surface area contributed by atoms with Crippen molar-refractivity contribution in [2.75, 3.05) is 26.2 Å². The zero-order valence-electron chi connectivity index (χ0n) is 16.8. The van der Waals surface area contributed by atoms with Crippen molar-refractivity contribution < 1.29 is 9.53 Å². The third-order valence-electron chi connectivity index (χ3n) is 6.02. The lowest BCUT2D eigenvalue weighted by Crippen LogP contribution is -2.35. The average molecular weight is 404 g/mol. The maximum atomic E-state index is 13.4. The number of ether oxygens (including phenoxy) is 1. The zero-order valence-corrected chi connectivity index (χ0v) is 17.6. The van der Waals surface area contributed by atoms with E-state index in [0.717, 1.165) is 60.0 Å². The van der Waals surface area contributed by atoms with Gasteiger partial charge in [0.25, 0.3) is 5.56 Å². The Morgan fingerprint density at radius 3 is 2.75 bits per heavy atom. The molecule has 0 bridgehead atoms. The van der Waals surface area contributed by atoms with Crippen molar-refractivity contribution >= 4 is 27.5 Å². The highest BCUT2D eigenvalue weighted by atomic mass is 32.1. The molecule has 1 unspecified atom stereocenters. The molecule has 7 heteroatoms. The molecule has 0 aromatic carbocycles. The molecule has 0 radical (unpaired) electrons. The number of esters is 1. The minimum Gasteiger partial charge on any atom is -0.466 e. The summed E-state index contributed by atoms with van der Waals surface area (Å²) in [4.78, 5) is 35.1. The van der Waals surface area contributed by atoms with E-state index in [2.05, 4.69) is 4.90 Å². The first-order valence-corrected chi connectivity index (χ1v) is 11.3. The summed E-state index contributed by atoms with van der Waals surface area (Å²) >= 11 is 1.58. The zero-order chi connectivity index (χ0) is 19.7. The summed E-state index contributed by atoms with van der Waals surface area (Å²) in [5.41, 5.74) is 0.905. The largest absolute Gasteiger partial charge is 0.466 e. The number of rotatable bonds is 5. The van der Waals surface area contributed by atoms with Crippen LogP contribution < -0.4 is 5.56 Å². The normalized spacial score (nSPS) is 20.3. The average Bonchev–Trinajstić information content (AvgIpc) is 3.07. The molecule has 1 fully saturated rings. The molecule has 1 saturated heterocycles. The van der Waals surface area contributed by atoms with Crippen molar-refractivity contribution in [3.8, 4) is 0 Å². The Kier molecular flexibility index (Phi) is 5.83. The van der Waals surface area contributed by atoms with Crippen LogP contribution in [0, 0.1) is 6.92 Å². The van der Waals surface area contributed by atoms with Gasteiger partial charge in [0.1, 0.15) is 10.7 Å². The number of carbonyl (C=O) groups excluding carboxylic acids is 1. The molecule has 2 aromatic heterocycles. The van der Waals surface area contributed by atoms with Crippen LogP contribution in [0.4, 0.5) is 0 Å². The molecule has 28 heavy (non-hydrogen) atoms. The van der Waals surface area contributed by atoms with Gasteiger partial charge in [-0.2, -0.15) is 0 Å². The molecule has 0 saturated carbocycles. The number of nitrogens with zero attached hydrogens (tertiary/aromatic N) is 3. The molecule has 0 amide bonds. The van der Waals surface area contributed by atoms with Gasteiger partial charge < -0.3 is 9.64 Å². The summed E-state index contributed by atoms with van der Waals surface area (Å²) in [6.07, 6.45) is 6.40. The Labute approximate surface area is 169 Å². The molecule has 0 N–H and O–H groups in total. The number of aromatic nitrogens is 2. The van der Waals surface area contributed by atoms with Crippen molar-refractivity contribution in [1.29, 1.82) is 0 Å². The molecule has 3 heterocycles. The van der Waals surface area contributed by atoms with Crippen LogP contribution in [0.3, 0.4) is 0 Å². The van der Waals surface area contributed by atoms with Crippen LogP contribution in [0.5, 0.6) is 0 Å². The number of likely N-dealkylation sites (tertiary alicyclic amines) is 1. The molecule has 1 atom stereocenters. The van der Waals surface area contributed by atoms with Gasteiger partial charge in [0.15, 0.2) is 0 Å². The molecule has 0 spiro atoms. The Bertz CT molecular complexity index is 927. The van der Waals surface area contributed by atoms with Gasteiger partial charge in [-0.3, -0.25) is 14.2 Å². The smallest absolute Gasteiger partial charge is 0.313 e. The van der Waals surface area contributed by atoms with Gasteiger partial charge in [0, 0.05) is 18.0 Å². The predicted molar refractivity (Wildman–Crippen MR) is 111 cm³/mol. The SMILES string of the molecule is CCOC(=O)C1CCCc2sc3nc(C)n(CCN4CCCCC4)c(=O)c3c21. The van der Waals surface area contributed by atoms with E-state index in [0.29, 0.717) is 18.5 Å². The van der Waals surface area contributed by atoms with Gasteiger partial charge >= 0.3 is 5.97 Å². The van der Waals surface area contributed by atoms with Crippen molar-refractivity contribution in [3.63, 3.8) is 0 Å². The minimum atomic E-state index is -0.329. The van der Waals surface area contributed by atoms with Crippen LogP contribution >= 0.6 is 11.3 Å². The number of piperidine rings is 1. The maximum Gasteiger partial charge on any atom is 0.313 e. The molecular weight excluding hydrogens is 374 g/mol. The number of aryl methyl sites for hydroxylation is 2. The molecule has 152 valence electrons. The van der Waals surface area contributed by atoms with E-state index in [4.69, 9.17) is 9.72 Å². The van der Waals surface area contributed by atoms with E-state index in [1.54, 1.807) is 15.9 Å². The fourth-order valence-electron chi connectivity index (χ4n) is 4.58. The summed E-state index contributed by atoms with van der Waals surface area (Å²) in [6, 6.07) is 0. The van der Waals surface area contributed by atoms with Crippen molar-refractivity contribution in [2.24, 2.45) is 0 Å². The van der Waals surface area contributed by atoms with Crippen LogP contribution in [-0.4, -0.2) is 46.7 Å². The molecule has 6 nitrogen and oxygen atoms in total. The Hall–Kier alpha value is -1.73. The molecule has 1 aliphatic carbocycles. The van der Waals surface area contributed by atoms with Gasteiger partial charge in [0.05, 0.1) is 17.9 Å². The number of hydrogen-bond donors (Lipinski definition) is 0. The fraction of sp³-hybridized carbons (Fsp3) is 0.667. The molecular formula is C21H29N3O3S. The maximum absolute atomic E-state index is 13.4. The quantitative estimate of drug-likeness (QED) is 0.717. The summed E-state index contributed by atoms with van der Waals surface area (Å²) in [7, 11) is 0. The first-order valence-electron chi connectivity index (χ1n) is 10.5. The van der Waals surface area contributed by atoms with Crippen LogP contribution in [0.15, 0.2) is 4.79 Å². The Morgan fingerprint density at radius 1 is 1.21 bits per heavy atom. The number of fused-ring (bicyclic) bond motifs is 3. The molecule has 2 aromatic rings. The topological polar surface area (TPSA) is 64.4 Å². The van der Waals surface area contributed by atoms with Gasteiger partial charge in [-0.1, -0.05) is 6.42 Å². The van der Waals surface area contributed by atoms with E-state index in [1.165, 1.54) is 19.3 Å². The second-order valence-corrected chi connectivity index (χ2v) is 8.92. The second-order valence-electron chi connectivity index (χ2n) is 7.83. The lowest BCUT2D eigenvalue weighted by atomic mass is 9.86. The van der Waals surface area contributed by atoms with Crippen molar-refractivity contribution in [3.05, 3.63) is 26.6 Å². The number of carbonyl (C=O) groups is 1. The lowest BCUT2D eigenvalue weighted by Gasteiger charge is -2.26. The van der Waals surface area contributed by atoms with Crippen LogP contribution in [-0.2, 0) is 22.5 Å². The van der Waals surface area contributed by atoms with E-state index in [9.17, 15) is 9.59 Å². The highest BCUT2D eigenvalue weighted by Crippen LogP contribution is 2.41. The molecule has 2 aliphatic rings. The minimum absolute atomic E-state index is 0.00760. The van der Waals surface area contributed by atoms with E-state index >= 15 is 0 Å². The van der Waals surface area contributed by atoms with Crippen molar-refractivity contribution in [1.82, 2.24) is 14.5 Å². The van der Waals surface area contributed by atoms with E-state index in [1.807, 2.05) is 13.8 Å². The van der Waals surface area contributed by atoms with E-state index < -0.39 is 0 Å². The summed E-state index contributed by atoms with van der Waals surface area (Å²) in [5, 5.41) is 0.655. The van der Waals surface area contributed by atoms with Gasteiger partial charge in [-0.15, -0.1) is 11.3 Å². The van der Waals surface area contributed by atoms with E-state index in [-0.39, 0.29) is 17.4 Å². The monoisotopic (exact) mass is 403 g/mol. The first-order chi connectivity index (χ1) is 13.6. The third-order valence-corrected chi connectivity index (χ3v) is 7.18. The Morgan fingerprint density at radius 2 is 2.00 bits per heavy atom. The highest BCUT2D eigenvalue weighted by molar-refractivity contribution is 7.18. The third kappa shape index (κ3) is 3.62. The van der Waals surface area contributed by atoms with Crippen LogP contribution in [0.1, 0.15) is 61.2 Å².